The van der Waals surface area contributed by atoms with Crippen LogP contribution >= 0.6 is 11.6 Å². The van der Waals surface area contributed by atoms with Gasteiger partial charge in [0, 0.05) is 11.1 Å². The Kier molecular flexibility index (Phi) is 7.45. The summed E-state index contributed by atoms with van der Waals surface area (Å²) in [6, 6.07) is 14.6. The van der Waals surface area contributed by atoms with E-state index >= 15 is 0 Å². The van der Waals surface area contributed by atoms with E-state index in [-0.39, 0.29) is 41.2 Å². The number of benzene rings is 2. The van der Waals surface area contributed by atoms with Gasteiger partial charge in [-0.1, -0.05) is 41.9 Å². The molecular formula is C22H19ClN2O7. The minimum Gasteiger partial charge on any atom is -0.479 e. The van der Waals surface area contributed by atoms with Crippen LogP contribution in [-0.2, 0) is 16.1 Å². The third kappa shape index (κ3) is 5.64. The van der Waals surface area contributed by atoms with Gasteiger partial charge in [-0.15, -0.1) is 0 Å². The van der Waals surface area contributed by atoms with E-state index < -0.39 is 22.8 Å². The zero-order valence-electron chi connectivity index (χ0n) is 16.9. The highest BCUT2D eigenvalue weighted by Crippen LogP contribution is 2.30. The number of nitrogens with zero attached hydrogens (tertiary/aromatic N) is 1. The lowest BCUT2D eigenvalue weighted by Crippen LogP contribution is -2.34. The Labute approximate surface area is 188 Å². The lowest BCUT2D eigenvalue weighted by molar-refractivity contribution is -0.385. The number of furan rings is 1. The van der Waals surface area contributed by atoms with Crippen molar-refractivity contribution < 1.29 is 28.4 Å². The van der Waals surface area contributed by atoms with E-state index in [0.717, 1.165) is 0 Å². The van der Waals surface area contributed by atoms with Crippen molar-refractivity contribution >= 4 is 29.2 Å². The molecule has 9 nitrogen and oxygen atoms in total. The molecule has 0 bridgehead atoms. The van der Waals surface area contributed by atoms with Crippen molar-refractivity contribution in [2.24, 2.45) is 0 Å². The number of hydrogen-bond acceptors (Lipinski definition) is 7. The quantitative estimate of drug-likeness (QED) is 0.285. The highest BCUT2D eigenvalue weighted by Gasteiger charge is 2.26. The van der Waals surface area contributed by atoms with Crippen LogP contribution in [0.4, 0.5) is 5.69 Å². The van der Waals surface area contributed by atoms with Crippen LogP contribution < -0.4 is 10.1 Å². The minimum absolute atomic E-state index is 0.00764. The monoisotopic (exact) mass is 458 g/mol. The summed E-state index contributed by atoms with van der Waals surface area (Å²) in [6.45, 7) is 1.68. The summed E-state index contributed by atoms with van der Waals surface area (Å²) in [6.07, 6.45) is 0. The smallest absolute Gasteiger partial charge is 0.333 e. The van der Waals surface area contributed by atoms with Gasteiger partial charge in [-0.2, -0.15) is 0 Å². The van der Waals surface area contributed by atoms with Crippen molar-refractivity contribution in [3.05, 3.63) is 92.9 Å². The Morgan fingerprint density at radius 1 is 1.16 bits per heavy atom. The molecule has 0 unspecified atom stereocenters. The largest absolute Gasteiger partial charge is 0.479 e. The molecule has 166 valence electrons. The lowest BCUT2D eigenvalue weighted by atomic mass is 10.1. The van der Waals surface area contributed by atoms with Gasteiger partial charge < -0.3 is 19.2 Å². The zero-order chi connectivity index (χ0) is 23.1. The SMILES string of the molecule is CCOC(=O)[C@@H](NC(=O)c1ccc(COc2ccc(Cl)cc2[N+](=O)[O-])o1)c1ccccc1. The average Bonchev–Trinajstić information content (AvgIpc) is 3.26. The Hall–Kier alpha value is -3.85. The summed E-state index contributed by atoms with van der Waals surface area (Å²) >= 11 is 5.79. The van der Waals surface area contributed by atoms with Gasteiger partial charge in [-0.3, -0.25) is 14.9 Å². The third-order valence-electron chi connectivity index (χ3n) is 4.30. The summed E-state index contributed by atoms with van der Waals surface area (Å²) in [7, 11) is 0. The van der Waals surface area contributed by atoms with E-state index in [1.54, 1.807) is 37.3 Å². The molecule has 0 spiro atoms. The maximum absolute atomic E-state index is 12.6. The van der Waals surface area contributed by atoms with Crippen molar-refractivity contribution in [2.75, 3.05) is 6.61 Å². The molecule has 1 N–H and O–H groups in total. The van der Waals surface area contributed by atoms with Crippen molar-refractivity contribution in [3.63, 3.8) is 0 Å². The second-order valence-corrected chi connectivity index (χ2v) is 6.93. The molecule has 0 aliphatic heterocycles. The van der Waals surface area contributed by atoms with E-state index in [0.29, 0.717) is 5.56 Å². The van der Waals surface area contributed by atoms with Crippen LogP contribution in [0.5, 0.6) is 5.75 Å². The first-order valence-electron chi connectivity index (χ1n) is 9.57. The number of nitro benzene ring substituents is 1. The average molecular weight is 459 g/mol. The van der Waals surface area contributed by atoms with Crippen LogP contribution in [-0.4, -0.2) is 23.4 Å². The molecule has 10 heteroatoms. The van der Waals surface area contributed by atoms with Gasteiger partial charge in [0.25, 0.3) is 5.91 Å². The molecular weight excluding hydrogens is 440 g/mol. The number of esters is 1. The molecule has 0 radical (unpaired) electrons. The second-order valence-electron chi connectivity index (χ2n) is 6.49. The summed E-state index contributed by atoms with van der Waals surface area (Å²) in [5.74, 6) is -1.02. The fourth-order valence-corrected chi connectivity index (χ4v) is 3.00. The molecule has 2 aromatic carbocycles. The number of carbonyl (C=O) groups is 2. The predicted octanol–water partition coefficient (Wildman–Crippen LogP) is 4.45. The minimum atomic E-state index is -1.01. The molecule has 3 rings (SSSR count). The van der Waals surface area contributed by atoms with E-state index in [9.17, 15) is 19.7 Å². The number of nitrogens with one attached hydrogen (secondary N) is 1. The fraction of sp³-hybridized carbons (Fsp3) is 0.182. The molecule has 0 aliphatic rings. The van der Waals surface area contributed by atoms with Gasteiger partial charge in [-0.05, 0) is 36.8 Å². The van der Waals surface area contributed by atoms with Gasteiger partial charge in [0.15, 0.2) is 17.6 Å². The van der Waals surface area contributed by atoms with Crippen LogP contribution in [0.15, 0.2) is 65.1 Å². The summed E-state index contributed by atoms with van der Waals surface area (Å²) in [5, 5.41) is 14.0. The number of carbonyl (C=O) groups excluding carboxylic acids is 2. The zero-order valence-corrected chi connectivity index (χ0v) is 17.7. The Balaban J connectivity index is 1.70. The van der Waals surface area contributed by atoms with E-state index in [1.807, 2.05) is 0 Å². The molecule has 3 aromatic rings. The summed E-state index contributed by atoms with van der Waals surface area (Å²) in [4.78, 5) is 35.5. The first-order valence-corrected chi connectivity index (χ1v) is 9.94. The van der Waals surface area contributed by atoms with Crippen molar-refractivity contribution in [3.8, 4) is 5.75 Å². The first-order chi connectivity index (χ1) is 15.4. The molecule has 0 aliphatic carbocycles. The molecule has 0 fully saturated rings. The number of amides is 1. The second kappa shape index (κ2) is 10.5. The van der Waals surface area contributed by atoms with Gasteiger partial charge in [-0.25, -0.2) is 4.79 Å². The van der Waals surface area contributed by atoms with Crippen molar-refractivity contribution in [2.45, 2.75) is 19.6 Å². The maximum atomic E-state index is 12.6. The number of hydrogen-bond donors (Lipinski definition) is 1. The van der Waals surface area contributed by atoms with Crippen LogP contribution in [0.25, 0.3) is 0 Å². The maximum Gasteiger partial charge on any atom is 0.333 e. The van der Waals surface area contributed by atoms with Gasteiger partial charge in [0.2, 0.25) is 0 Å². The normalized spacial score (nSPS) is 11.4. The van der Waals surface area contributed by atoms with Crippen LogP contribution in [0, 0.1) is 10.1 Å². The number of rotatable bonds is 9. The highest BCUT2D eigenvalue weighted by atomic mass is 35.5. The van der Waals surface area contributed by atoms with Crippen LogP contribution in [0.3, 0.4) is 0 Å². The predicted molar refractivity (Wildman–Crippen MR) is 114 cm³/mol. The summed E-state index contributed by atoms with van der Waals surface area (Å²) < 4.78 is 16.0. The third-order valence-corrected chi connectivity index (χ3v) is 4.54. The van der Waals surface area contributed by atoms with E-state index in [4.69, 9.17) is 25.5 Å². The molecule has 1 heterocycles. The van der Waals surface area contributed by atoms with Crippen molar-refractivity contribution in [1.29, 1.82) is 0 Å². The standard InChI is InChI=1S/C22H19ClN2O7/c1-2-30-22(27)20(14-6-4-3-5-7-14)24-21(26)19-11-9-16(32-19)13-31-18-10-8-15(23)12-17(18)25(28)29/h3-12,20H,2,13H2,1H3,(H,24,26)/t20-/m0/s1. The number of ether oxygens (including phenoxy) is 2. The Bertz CT molecular complexity index is 1110. The van der Waals surface area contributed by atoms with Crippen LogP contribution in [0.1, 0.15) is 34.8 Å². The van der Waals surface area contributed by atoms with Gasteiger partial charge in [0.1, 0.15) is 12.4 Å². The van der Waals surface area contributed by atoms with E-state index in [2.05, 4.69) is 5.32 Å². The number of halogens is 1. The molecule has 1 amide bonds. The lowest BCUT2D eigenvalue weighted by Gasteiger charge is -2.17. The number of nitro groups is 1. The first kappa shape index (κ1) is 22.8. The fourth-order valence-electron chi connectivity index (χ4n) is 2.83. The van der Waals surface area contributed by atoms with Gasteiger partial charge in [0.05, 0.1) is 11.5 Å². The topological polar surface area (TPSA) is 121 Å². The highest BCUT2D eigenvalue weighted by molar-refractivity contribution is 6.30. The van der Waals surface area contributed by atoms with Crippen molar-refractivity contribution in [1.82, 2.24) is 5.32 Å². The van der Waals surface area contributed by atoms with Gasteiger partial charge >= 0.3 is 11.7 Å². The van der Waals surface area contributed by atoms with Crippen LogP contribution in [0.2, 0.25) is 5.02 Å². The molecule has 0 saturated carbocycles. The Morgan fingerprint density at radius 2 is 1.91 bits per heavy atom. The Morgan fingerprint density at radius 3 is 2.59 bits per heavy atom. The molecule has 1 atom stereocenters. The molecule has 1 aromatic heterocycles. The summed E-state index contributed by atoms with van der Waals surface area (Å²) in [5.41, 5.74) is 0.270. The van der Waals surface area contributed by atoms with E-state index in [1.165, 1.54) is 30.3 Å². The molecule has 0 saturated heterocycles. The molecule has 32 heavy (non-hydrogen) atoms.